The monoisotopic (exact) mass is 369 g/mol. The highest BCUT2D eigenvalue weighted by Gasteiger charge is 2.19. The Balaban J connectivity index is 2.02. The molecular formula is C15H20ClN5S2. The standard InChI is InChI=1S/C15H20ClN5S2/c1-15(2,3)21-14(18-10-19-21)23-9-8-20(13(17)22)12-6-4-11(16)5-7-12/h4-7,10H,8-9H2,1-3H3,(H2,17,22). The van der Waals surface area contributed by atoms with E-state index in [0.29, 0.717) is 16.7 Å². The molecule has 0 saturated carbocycles. The normalized spacial score (nSPS) is 11.5. The van der Waals surface area contributed by atoms with Crippen molar-refractivity contribution in [2.75, 3.05) is 17.2 Å². The summed E-state index contributed by atoms with van der Waals surface area (Å²) in [7, 11) is 0. The van der Waals surface area contributed by atoms with Crippen molar-refractivity contribution in [1.82, 2.24) is 14.8 Å². The molecule has 0 unspecified atom stereocenters. The lowest BCUT2D eigenvalue weighted by Crippen LogP contribution is -2.37. The van der Waals surface area contributed by atoms with Gasteiger partial charge in [0, 0.05) is 23.0 Å². The van der Waals surface area contributed by atoms with Crippen molar-refractivity contribution in [1.29, 1.82) is 0 Å². The van der Waals surface area contributed by atoms with Gasteiger partial charge in [-0.2, -0.15) is 5.10 Å². The van der Waals surface area contributed by atoms with Crippen LogP contribution in [0.15, 0.2) is 35.7 Å². The highest BCUT2D eigenvalue weighted by Crippen LogP contribution is 2.23. The van der Waals surface area contributed by atoms with Crippen LogP contribution in [0.5, 0.6) is 0 Å². The van der Waals surface area contributed by atoms with Crippen LogP contribution in [0.1, 0.15) is 20.8 Å². The molecular weight excluding hydrogens is 350 g/mol. The maximum absolute atomic E-state index is 5.92. The first-order valence-corrected chi connectivity index (χ1v) is 8.92. The Morgan fingerprint density at radius 3 is 2.57 bits per heavy atom. The molecule has 1 aromatic heterocycles. The molecule has 0 saturated heterocycles. The van der Waals surface area contributed by atoms with Gasteiger partial charge in [-0.05, 0) is 57.3 Å². The maximum Gasteiger partial charge on any atom is 0.186 e. The minimum Gasteiger partial charge on any atom is -0.376 e. The van der Waals surface area contributed by atoms with Gasteiger partial charge in [0.2, 0.25) is 0 Å². The van der Waals surface area contributed by atoms with E-state index in [-0.39, 0.29) is 5.54 Å². The van der Waals surface area contributed by atoms with Gasteiger partial charge in [-0.1, -0.05) is 23.4 Å². The van der Waals surface area contributed by atoms with Gasteiger partial charge in [0.1, 0.15) is 6.33 Å². The van der Waals surface area contributed by atoms with Gasteiger partial charge >= 0.3 is 0 Å². The molecule has 0 bridgehead atoms. The fourth-order valence-electron chi connectivity index (χ4n) is 2.01. The van der Waals surface area contributed by atoms with E-state index in [2.05, 4.69) is 30.9 Å². The number of hydrogen-bond acceptors (Lipinski definition) is 4. The van der Waals surface area contributed by atoms with Crippen LogP contribution in [0.25, 0.3) is 0 Å². The number of rotatable bonds is 5. The zero-order chi connectivity index (χ0) is 17.0. The van der Waals surface area contributed by atoms with E-state index in [9.17, 15) is 0 Å². The molecule has 1 heterocycles. The van der Waals surface area contributed by atoms with Crippen LogP contribution in [0.3, 0.4) is 0 Å². The summed E-state index contributed by atoms with van der Waals surface area (Å²) in [6, 6.07) is 7.46. The van der Waals surface area contributed by atoms with E-state index in [0.717, 1.165) is 16.6 Å². The van der Waals surface area contributed by atoms with Gasteiger partial charge in [0.05, 0.1) is 5.54 Å². The number of nitrogens with two attached hydrogens (primary N) is 1. The van der Waals surface area contributed by atoms with Crippen LogP contribution in [0.4, 0.5) is 5.69 Å². The van der Waals surface area contributed by atoms with Crippen molar-refractivity contribution >= 4 is 46.4 Å². The Kier molecular flexibility index (Phi) is 5.89. The molecule has 1 aromatic carbocycles. The van der Waals surface area contributed by atoms with Crippen molar-refractivity contribution in [3.05, 3.63) is 35.6 Å². The van der Waals surface area contributed by atoms with Crippen LogP contribution in [0, 0.1) is 0 Å². The number of hydrogen-bond donors (Lipinski definition) is 1. The van der Waals surface area contributed by atoms with Crippen molar-refractivity contribution in [2.24, 2.45) is 5.73 Å². The highest BCUT2D eigenvalue weighted by atomic mass is 35.5. The molecule has 5 nitrogen and oxygen atoms in total. The van der Waals surface area contributed by atoms with Crippen molar-refractivity contribution in [3.63, 3.8) is 0 Å². The molecule has 0 aliphatic rings. The summed E-state index contributed by atoms with van der Waals surface area (Å²) in [5.74, 6) is 0.786. The van der Waals surface area contributed by atoms with Crippen molar-refractivity contribution in [3.8, 4) is 0 Å². The predicted octanol–water partition coefficient (Wildman–Crippen LogP) is 3.53. The molecule has 2 N–H and O–H groups in total. The second kappa shape index (κ2) is 7.51. The summed E-state index contributed by atoms with van der Waals surface area (Å²) in [5, 5.41) is 6.20. The van der Waals surface area contributed by atoms with Crippen LogP contribution >= 0.6 is 35.6 Å². The van der Waals surface area contributed by atoms with E-state index < -0.39 is 0 Å². The van der Waals surface area contributed by atoms with E-state index >= 15 is 0 Å². The van der Waals surface area contributed by atoms with E-state index in [1.165, 1.54) is 0 Å². The smallest absolute Gasteiger partial charge is 0.186 e. The van der Waals surface area contributed by atoms with Crippen LogP contribution in [0.2, 0.25) is 5.02 Å². The molecule has 8 heteroatoms. The molecule has 2 rings (SSSR count). The lowest BCUT2D eigenvalue weighted by molar-refractivity contribution is 0.326. The number of anilines is 1. The Hall–Kier alpha value is -1.31. The van der Waals surface area contributed by atoms with Crippen LogP contribution in [-0.2, 0) is 5.54 Å². The first-order valence-electron chi connectivity index (χ1n) is 7.15. The summed E-state index contributed by atoms with van der Waals surface area (Å²) < 4.78 is 1.92. The second-order valence-electron chi connectivity index (χ2n) is 5.94. The van der Waals surface area contributed by atoms with Crippen LogP contribution < -0.4 is 10.6 Å². The Morgan fingerprint density at radius 2 is 2.00 bits per heavy atom. The molecule has 2 aromatic rings. The zero-order valence-electron chi connectivity index (χ0n) is 13.4. The third-order valence-corrected chi connectivity index (χ3v) is 4.50. The maximum atomic E-state index is 5.92. The molecule has 124 valence electrons. The third-order valence-electron chi connectivity index (χ3n) is 3.10. The zero-order valence-corrected chi connectivity index (χ0v) is 15.8. The third kappa shape index (κ3) is 4.83. The number of aromatic nitrogens is 3. The Bertz CT molecular complexity index is 663. The number of thiocarbonyl (C=S) groups is 1. The minimum atomic E-state index is -0.0993. The van der Waals surface area contributed by atoms with E-state index in [1.54, 1.807) is 18.1 Å². The SMILES string of the molecule is CC(C)(C)n1ncnc1SCCN(C(N)=S)c1ccc(Cl)cc1. The van der Waals surface area contributed by atoms with Crippen LogP contribution in [-0.4, -0.2) is 32.2 Å². The molecule has 0 radical (unpaired) electrons. The average molecular weight is 370 g/mol. The van der Waals surface area contributed by atoms with E-state index in [4.69, 9.17) is 29.6 Å². The lowest BCUT2D eigenvalue weighted by Gasteiger charge is -2.24. The van der Waals surface area contributed by atoms with Crippen molar-refractivity contribution in [2.45, 2.75) is 31.5 Å². The van der Waals surface area contributed by atoms with Gasteiger partial charge in [-0.25, -0.2) is 9.67 Å². The molecule has 0 fully saturated rings. The molecule has 0 amide bonds. The largest absolute Gasteiger partial charge is 0.376 e. The Labute approximate surface area is 151 Å². The highest BCUT2D eigenvalue weighted by molar-refractivity contribution is 7.99. The second-order valence-corrected chi connectivity index (χ2v) is 7.86. The minimum absolute atomic E-state index is 0.0993. The molecule has 0 spiro atoms. The quantitative estimate of drug-likeness (QED) is 0.642. The summed E-state index contributed by atoms with van der Waals surface area (Å²) in [4.78, 5) is 6.21. The van der Waals surface area contributed by atoms with Gasteiger partial charge < -0.3 is 10.6 Å². The van der Waals surface area contributed by atoms with Gasteiger partial charge in [0.15, 0.2) is 10.3 Å². The average Bonchev–Trinajstić information content (AvgIpc) is 2.93. The number of halogens is 1. The summed E-state index contributed by atoms with van der Waals surface area (Å²) in [5.41, 5.74) is 6.68. The lowest BCUT2D eigenvalue weighted by atomic mass is 10.1. The molecule has 0 aliphatic heterocycles. The van der Waals surface area contributed by atoms with Gasteiger partial charge in [0.25, 0.3) is 0 Å². The van der Waals surface area contributed by atoms with Gasteiger partial charge in [-0.3, -0.25) is 0 Å². The topological polar surface area (TPSA) is 60.0 Å². The predicted molar refractivity (Wildman–Crippen MR) is 101 cm³/mol. The summed E-state index contributed by atoms with van der Waals surface area (Å²) in [6.07, 6.45) is 1.58. The molecule has 0 aliphatic carbocycles. The summed E-state index contributed by atoms with van der Waals surface area (Å²) in [6.45, 7) is 6.97. The fraction of sp³-hybridized carbons (Fsp3) is 0.400. The number of benzene rings is 1. The number of thioether (sulfide) groups is 1. The Morgan fingerprint density at radius 1 is 1.35 bits per heavy atom. The summed E-state index contributed by atoms with van der Waals surface area (Å²) >= 11 is 12.7. The number of nitrogens with zero attached hydrogens (tertiary/aromatic N) is 4. The molecule has 0 atom stereocenters. The first kappa shape index (κ1) is 18.0. The molecule has 23 heavy (non-hydrogen) atoms. The van der Waals surface area contributed by atoms with Gasteiger partial charge in [-0.15, -0.1) is 0 Å². The van der Waals surface area contributed by atoms with E-state index in [1.807, 2.05) is 33.8 Å². The van der Waals surface area contributed by atoms with Crippen molar-refractivity contribution < 1.29 is 0 Å². The first-order chi connectivity index (χ1) is 10.8. The fourth-order valence-corrected chi connectivity index (χ4v) is 3.35.